The van der Waals surface area contributed by atoms with Crippen LogP contribution < -0.4 is 4.74 Å². The van der Waals surface area contributed by atoms with Gasteiger partial charge in [0.15, 0.2) is 6.61 Å². The normalized spacial score (nSPS) is 19.0. The van der Waals surface area contributed by atoms with Crippen LogP contribution in [0.5, 0.6) is 5.75 Å². The van der Waals surface area contributed by atoms with Crippen molar-refractivity contribution in [1.82, 2.24) is 14.2 Å². The summed E-state index contributed by atoms with van der Waals surface area (Å²) < 4.78 is 30.2. The van der Waals surface area contributed by atoms with Gasteiger partial charge in [-0.15, -0.1) is 0 Å². The fourth-order valence-corrected chi connectivity index (χ4v) is 4.05. The monoisotopic (exact) mass is 353 g/mol. The second-order valence-electron chi connectivity index (χ2n) is 6.27. The number of carbonyl (C=O) groups excluding carboxylic acids is 1. The third-order valence-corrected chi connectivity index (χ3v) is 5.91. The van der Waals surface area contributed by atoms with Crippen LogP contribution >= 0.6 is 0 Å². The summed E-state index contributed by atoms with van der Waals surface area (Å²) in [6.45, 7) is 1.48. The van der Waals surface area contributed by atoms with Gasteiger partial charge < -0.3 is 9.64 Å². The molecule has 1 fully saturated rings. The van der Waals surface area contributed by atoms with Gasteiger partial charge in [-0.1, -0.05) is 0 Å². The maximum Gasteiger partial charge on any atom is 0.260 e. The van der Waals surface area contributed by atoms with Gasteiger partial charge in [-0.3, -0.25) is 9.78 Å². The fourth-order valence-electron chi connectivity index (χ4n) is 3.23. The van der Waals surface area contributed by atoms with Crippen LogP contribution in [0.4, 0.5) is 0 Å². The maximum absolute atomic E-state index is 12.3. The number of amides is 1. The highest BCUT2D eigenvalue weighted by Crippen LogP contribution is 2.27. The summed E-state index contributed by atoms with van der Waals surface area (Å²) in [7, 11) is -3.18. The van der Waals surface area contributed by atoms with Gasteiger partial charge in [-0.2, -0.15) is 4.31 Å². The number of carbonyl (C=O) groups is 1. The van der Waals surface area contributed by atoms with Crippen LogP contribution in [-0.4, -0.2) is 67.6 Å². The fraction of sp³-hybridized carbons (Fsp3) is 0.625. The molecule has 2 aliphatic rings. The molecule has 8 heteroatoms. The number of hydrogen-bond acceptors (Lipinski definition) is 5. The molecule has 24 heavy (non-hydrogen) atoms. The summed E-state index contributed by atoms with van der Waals surface area (Å²) >= 11 is 0. The Hall–Kier alpha value is -1.67. The number of pyridine rings is 1. The van der Waals surface area contributed by atoms with Crippen LogP contribution in [0.15, 0.2) is 12.3 Å². The van der Waals surface area contributed by atoms with E-state index in [-0.39, 0.29) is 12.5 Å². The van der Waals surface area contributed by atoms with Crippen LogP contribution in [0.2, 0.25) is 0 Å². The first kappa shape index (κ1) is 17.2. The molecule has 3 rings (SSSR count). The van der Waals surface area contributed by atoms with E-state index < -0.39 is 10.0 Å². The molecule has 1 aliphatic carbocycles. The van der Waals surface area contributed by atoms with E-state index in [1.165, 1.54) is 10.6 Å². The molecular weight excluding hydrogens is 330 g/mol. The standard InChI is InChI=1S/C16H23N3O4S/c1-24(21,22)19-10-8-18(9-11-19)16(20)12-23-15-6-7-17-14-5-3-2-4-13(14)15/h6-7H,2-5,8-12H2,1H3. The number of sulfonamides is 1. The Kier molecular flexibility index (Phi) is 5.05. The molecule has 1 saturated heterocycles. The van der Waals surface area contributed by atoms with E-state index in [4.69, 9.17) is 4.74 Å². The number of nitrogens with zero attached hydrogens (tertiary/aromatic N) is 3. The first-order valence-electron chi connectivity index (χ1n) is 8.27. The zero-order chi connectivity index (χ0) is 17.2. The van der Waals surface area contributed by atoms with Gasteiger partial charge in [-0.05, 0) is 31.7 Å². The second-order valence-corrected chi connectivity index (χ2v) is 8.26. The lowest BCUT2D eigenvalue weighted by atomic mass is 9.95. The van der Waals surface area contributed by atoms with Gasteiger partial charge in [0.2, 0.25) is 10.0 Å². The van der Waals surface area contributed by atoms with E-state index in [9.17, 15) is 13.2 Å². The lowest BCUT2D eigenvalue weighted by Gasteiger charge is -2.33. The van der Waals surface area contributed by atoms with Crippen molar-refractivity contribution in [3.63, 3.8) is 0 Å². The Morgan fingerprint density at radius 1 is 1.21 bits per heavy atom. The Bertz CT molecular complexity index is 712. The summed E-state index contributed by atoms with van der Waals surface area (Å²) in [5.41, 5.74) is 2.20. The Morgan fingerprint density at radius 3 is 2.62 bits per heavy atom. The van der Waals surface area contributed by atoms with E-state index in [2.05, 4.69) is 4.98 Å². The van der Waals surface area contributed by atoms with Crippen molar-refractivity contribution in [2.24, 2.45) is 0 Å². The van der Waals surface area contributed by atoms with Crippen molar-refractivity contribution in [1.29, 1.82) is 0 Å². The summed E-state index contributed by atoms with van der Waals surface area (Å²) in [5, 5.41) is 0. The van der Waals surface area contributed by atoms with Gasteiger partial charge in [-0.25, -0.2) is 8.42 Å². The number of piperazine rings is 1. The molecule has 0 unspecified atom stereocenters. The third kappa shape index (κ3) is 3.87. The van der Waals surface area contributed by atoms with Crippen molar-refractivity contribution < 1.29 is 17.9 Å². The van der Waals surface area contributed by atoms with Gasteiger partial charge in [0.1, 0.15) is 5.75 Å². The molecule has 0 atom stereocenters. The van der Waals surface area contributed by atoms with Crippen molar-refractivity contribution >= 4 is 15.9 Å². The van der Waals surface area contributed by atoms with Gasteiger partial charge in [0.25, 0.3) is 5.91 Å². The average Bonchev–Trinajstić information content (AvgIpc) is 2.59. The number of rotatable bonds is 4. The maximum atomic E-state index is 12.3. The zero-order valence-electron chi connectivity index (χ0n) is 13.9. The first-order valence-corrected chi connectivity index (χ1v) is 10.1. The average molecular weight is 353 g/mol. The number of hydrogen-bond donors (Lipinski definition) is 0. The largest absolute Gasteiger partial charge is 0.483 e. The Morgan fingerprint density at radius 2 is 1.92 bits per heavy atom. The molecule has 0 spiro atoms. The second kappa shape index (κ2) is 7.06. The van der Waals surface area contributed by atoms with Crippen LogP contribution in [0.1, 0.15) is 24.1 Å². The lowest BCUT2D eigenvalue weighted by molar-refractivity contribution is -0.134. The van der Waals surface area contributed by atoms with Crippen molar-refractivity contribution in [3.8, 4) is 5.75 Å². The Balaban J connectivity index is 1.55. The highest BCUT2D eigenvalue weighted by Gasteiger charge is 2.26. The first-order chi connectivity index (χ1) is 11.4. The van der Waals surface area contributed by atoms with Crippen molar-refractivity contribution in [2.75, 3.05) is 39.0 Å². The summed E-state index contributed by atoms with van der Waals surface area (Å²) in [5.74, 6) is 0.646. The van der Waals surface area contributed by atoms with E-state index in [1.807, 2.05) is 6.07 Å². The number of aromatic nitrogens is 1. The summed E-state index contributed by atoms with van der Waals surface area (Å²) in [4.78, 5) is 18.4. The molecule has 0 radical (unpaired) electrons. The number of fused-ring (bicyclic) bond motifs is 1. The SMILES string of the molecule is CS(=O)(=O)N1CCN(C(=O)COc2ccnc3c2CCCC3)CC1. The molecule has 0 saturated carbocycles. The van der Waals surface area contributed by atoms with Crippen LogP contribution in [0.25, 0.3) is 0 Å². The highest BCUT2D eigenvalue weighted by molar-refractivity contribution is 7.88. The van der Waals surface area contributed by atoms with Crippen molar-refractivity contribution in [3.05, 3.63) is 23.5 Å². The number of aryl methyl sites for hydroxylation is 1. The highest BCUT2D eigenvalue weighted by atomic mass is 32.2. The Labute approximate surface area is 142 Å². The smallest absolute Gasteiger partial charge is 0.260 e. The molecule has 2 heterocycles. The molecule has 1 aromatic heterocycles. The molecule has 7 nitrogen and oxygen atoms in total. The molecule has 132 valence electrons. The minimum Gasteiger partial charge on any atom is -0.483 e. The van der Waals surface area contributed by atoms with E-state index in [1.54, 1.807) is 11.1 Å². The third-order valence-electron chi connectivity index (χ3n) is 4.60. The van der Waals surface area contributed by atoms with E-state index in [0.29, 0.717) is 26.2 Å². The van der Waals surface area contributed by atoms with Crippen LogP contribution in [0, 0.1) is 0 Å². The van der Waals surface area contributed by atoms with Gasteiger partial charge >= 0.3 is 0 Å². The summed E-state index contributed by atoms with van der Waals surface area (Å²) in [6, 6.07) is 1.82. The molecular formula is C16H23N3O4S. The molecule has 0 N–H and O–H groups in total. The van der Waals surface area contributed by atoms with Crippen LogP contribution in [0.3, 0.4) is 0 Å². The van der Waals surface area contributed by atoms with Gasteiger partial charge in [0.05, 0.1) is 6.26 Å². The molecule has 1 amide bonds. The minimum absolute atomic E-state index is 0.0185. The predicted octanol–water partition coefficient (Wildman–Crippen LogP) is 0.443. The van der Waals surface area contributed by atoms with E-state index in [0.717, 1.165) is 42.7 Å². The molecule has 1 aromatic rings. The van der Waals surface area contributed by atoms with Crippen molar-refractivity contribution in [2.45, 2.75) is 25.7 Å². The molecule has 0 bridgehead atoms. The predicted molar refractivity (Wildman–Crippen MR) is 89.4 cm³/mol. The summed E-state index contributed by atoms with van der Waals surface area (Å²) in [6.07, 6.45) is 7.10. The van der Waals surface area contributed by atoms with Gasteiger partial charge in [0, 0.05) is 43.6 Å². The lowest BCUT2D eigenvalue weighted by Crippen LogP contribution is -2.51. The molecule has 1 aliphatic heterocycles. The quantitative estimate of drug-likeness (QED) is 0.785. The van der Waals surface area contributed by atoms with Crippen LogP contribution in [-0.2, 0) is 27.7 Å². The van der Waals surface area contributed by atoms with E-state index >= 15 is 0 Å². The minimum atomic E-state index is -3.18. The zero-order valence-corrected chi connectivity index (χ0v) is 14.7. The topological polar surface area (TPSA) is 79.8 Å². The molecule has 0 aromatic carbocycles. The number of ether oxygens (including phenoxy) is 1.